The van der Waals surface area contributed by atoms with Gasteiger partial charge in [-0.2, -0.15) is 0 Å². The highest BCUT2D eigenvalue weighted by Crippen LogP contribution is 2.24. The summed E-state index contributed by atoms with van der Waals surface area (Å²) in [6, 6.07) is 15.0. The van der Waals surface area contributed by atoms with Gasteiger partial charge >= 0.3 is 0 Å². The first kappa shape index (κ1) is 21.9. The van der Waals surface area contributed by atoms with Crippen molar-refractivity contribution in [1.82, 2.24) is 18.7 Å². The second-order valence-electron chi connectivity index (χ2n) is 8.92. The lowest BCUT2D eigenvalue weighted by Gasteiger charge is -2.32. The molecule has 0 saturated carbocycles. The van der Waals surface area contributed by atoms with Crippen molar-refractivity contribution in [3.63, 3.8) is 0 Å². The van der Waals surface area contributed by atoms with Crippen LogP contribution in [-0.4, -0.2) is 38.1 Å². The van der Waals surface area contributed by atoms with Crippen LogP contribution in [0.15, 0.2) is 69.3 Å². The molecule has 0 unspecified atom stereocenters. The first-order valence-electron chi connectivity index (χ1n) is 11.6. The number of para-hydroxylation sites is 1. The molecule has 34 heavy (non-hydrogen) atoms. The minimum absolute atomic E-state index is 0.194. The summed E-state index contributed by atoms with van der Waals surface area (Å²) >= 11 is 0. The van der Waals surface area contributed by atoms with Crippen molar-refractivity contribution in [2.24, 2.45) is 18.0 Å². The molecule has 1 aliphatic heterocycles. The number of hydrogen-bond acceptors (Lipinski definition) is 5. The molecule has 0 atom stereocenters. The summed E-state index contributed by atoms with van der Waals surface area (Å²) in [5.41, 5.74) is 2.35. The van der Waals surface area contributed by atoms with Gasteiger partial charge in [0.25, 0.3) is 11.1 Å². The van der Waals surface area contributed by atoms with Crippen LogP contribution in [0.4, 0.5) is 11.5 Å². The highest BCUT2D eigenvalue weighted by atomic mass is 16.1. The van der Waals surface area contributed by atoms with E-state index < -0.39 is 0 Å². The van der Waals surface area contributed by atoms with Crippen LogP contribution in [-0.2, 0) is 7.05 Å². The third-order valence-electron chi connectivity index (χ3n) is 6.68. The lowest BCUT2D eigenvalue weighted by Crippen LogP contribution is -2.36. The summed E-state index contributed by atoms with van der Waals surface area (Å²) < 4.78 is 4.89. The van der Waals surface area contributed by atoms with Gasteiger partial charge in [-0.05, 0) is 49.9 Å². The van der Waals surface area contributed by atoms with Gasteiger partial charge in [0.15, 0.2) is 5.69 Å². The molecule has 0 aliphatic carbocycles. The number of anilines is 1. The van der Waals surface area contributed by atoms with Crippen LogP contribution >= 0.6 is 0 Å². The minimum atomic E-state index is -0.232. The Balaban J connectivity index is 1.64. The van der Waals surface area contributed by atoms with Crippen molar-refractivity contribution in [3.05, 3.63) is 86.7 Å². The molecule has 0 N–H and O–H groups in total. The van der Waals surface area contributed by atoms with Gasteiger partial charge in [-0.15, -0.1) is 0 Å². The SMILES string of the molecule is Cc1c(N=Cc2c(N3CCC(C)CC3)nc3ccccn3c2=O)c(=O)n(-c2ccccc2)n1C. The molecule has 1 aliphatic rings. The summed E-state index contributed by atoms with van der Waals surface area (Å²) in [6.07, 6.45) is 5.32. The predicted molar refractivity (Wildman–Crippen MR) is 135 cm³/mol. The van der Waals surface area contributed by atoms with Crippen LogP contribution in [0.25, 0.3) is 11.3 Å². The second-order valence-corrected chi connectivity index (χ2v) is 8.92. The number of rotatable bonds is 4. The maximum absolute atomic E-state index is 13.5. The van der Waals surface area contributed by atoms with Crippen LogP contribution in [0.5, 0.6) is 0 Å². The predicted octanol–water partition coefficient (Wildman–Crippen LogP) is 3.48. The second kappa shape index (κ2) is 8.78. The highest BCUT2D eigenvalue weighted by molar-refractivity contribution is 5.88. The van der Waals surface area contributed by atoms with Crippen molar-refractivity contribution in [2.75, 3.05) is 18.0 Å². The van der Waals surface area contributed by atoms with Crippen LogP contribution in [0.1, 0.15) is 31.0 Å². The zero-order chi connectivity index (χ0) is 23.8. The molecule has 0 bridgehead atoms. The summed E-state index contributed by atoms with van der Waals surface area (Å²) in [5, 5.41) is 0. The lowest BCUT2D eigenvalue weighted by atomic mass is 9.99. The topological polar surface area (TPSA) is 76.9 Å². The Kier molecular flexibility index (Phi) is 5.65. The normalized spacial score (nSPS) is 15.0. The first-order valence-corrected chi connectivity index (χ1v) is 11.6. The summed E-state index contributed by atoms with van der Waals surface area (Å²) in [4.78, 5) is 38.3. The van der Waals surface area contributed by atoms with Crippen LogP contribution in [0, 0.1) is 12.8 Å². The third-order valence-corrected chi connectivity index (χ3v) is 6.68. The number of piperidine rings is 1. The maximum atomic E-state index is 13.5. The molecule has 8 nitrogen and oxygen atoms in total. The molecule has 0 spiro atoms. The molecule has 5 rings (SSSR count). The van der Waals surface area contributed by atoms with Crippen LogP contribution in [0.2, 0.25) is 0 Å². The average Bonchev–Trinajstić information content (AvgIpc) is 3.07. The van der Waals surface area contributed by atoms with Gasteiger partial charge in [0.05, 0.1) is 11.4 Å². The lowest BCUT2D eigenvalue weighted by molar-refractivity contribution is 0.436. The van der Waals surface area contributed by atoms with Crippen molar-refractivity contribution in [3.8, 4) is 5.69 Å². The number of pyridine rings is 1. The Morgan fingerprint density at radius 3 is 2.44 bits per heavy atom. The van der Waals surface area contributed by atoms with E-state index in [-0.39, 0.29) is 11.1 Å². The zero-order valence-corrected chi connectivity index (χ0v) is 19.7. The molecular weight excluding hydrogens is 428 g/mol. The first-order chi connectivity index (χ1) is 16.5. The summed E-state index contributed by atoms with van der Waals surface area (Å²) in [7, 11) is 1.83. The molecule has 4 aromatic rings. The smallest absolute Gasteiger partial charge is 0.297 e. The Morgan fingerprint density at radius 2 is 1.71 bits per heavy atom. The van der Waals surface area contributed by atoms with Gasteiger partial charge in [-0.3, -0.25) is 18.7 Å². The fraction of sp³-hybridized carbons (Fsp3) is 0.308. The Morgan fingerprint density at radius 1 is 1.00 bits per heavy atom. The fourth-order valence-electron chi connectivity index (χ4n) is 4.50. The standard InChI is InChI=1S/C26H28N6O2/c1-18-12-15-30(16-13-18)24-21(25(33)31-14-8-7-11-22(31)28-24)17-27-23-19(2)29(3)32(26(23)34)20-9-5-4-6-10-20/h4-11,14,17-18H,12-13,15-16H2,1-3H3. The van der Waals surface area contributed by atoms with E-state index >= 15 is 0 Å². The summed E-state index contributed by atoms with van der Waals surface area (Å²) in [5.74, 6) is 1.28. The number of aromatic nitrogens is 4. The van der Waals surface area contributed by atoms with Crippen molar-refractivity contribution < 1.29 is 0 Å². The number of fused-ring (bicyclic) bond motifs is 1. The zero-order valence-electron chi connectivity index (χ0n) is 19.7. The van der Waals surface area contributed by atoms with E-state index in [1.807, 2.05) is 56.4 Å². The van der Waals surface area contributed by atoms with Crippen molar-refractivity contribution in [2.45, 2.75) is 26.7 Å². The quantitative estimate of drug-likeness (QED) is 0.441. The highest BCUT2D eigenvalue weighted by Gasteiger charge is 2.22. The van der Waals surface area contributed by atoms with Gasteiger partial charge in [0.2, 0.25) is 0 Å². The van der Waals surface area contributed by atoms with E-state index in [4.69, 9.17) is 4.98 Å². The van der Waals surface area contributed by atoms with E-state index in [1.165, 1.54) is 10.6 Å². The van der Waals surface area contributed by atoms with E-state index in [9.17, 15) is 9.59 Å². The van der Waals surface area contributed by atoms with Crippen molar-refractivity contribution in [1.29, 1.82) is 0 Å². The van der Waals surface area contributed by atoms with Gasteiger partial charge in [0, 0.05) is 32.5 Å². The van der Waals surface area contributed by atoms with Crippen LogP contribution < -0.4 is 16.0 Å². The molecule has 8 heteroatoms. The molecule has 0 amide bonds. The third kappa shape index (κ3) is 3.75. The number of nitrogens with zero attached hydrogens (tertiary/aromatic N) is 6. The van der Waals surface area contributed by atoms with Gasteiger partial charge in [0.1, 0.15) is 17.0 Å². The Hall–Kier alpha value is -3.94. The number of hydrogen-bond donors (Lipinski definition) is 0. The van der Waals surface area contributed by atoms with E-state index in [0.29, 0.717) is 34.3 Å². The molecule has 1 saturated heterocycles. The molecule has 3 aromatic heterocycles. The number of benzene rings is 1. The largest absolute Gasteiger partial charge is 0.356 e. The van der Waals surface area contributed by atoms with Crippen molar-refractivity contribution >= 4 is 23.4 Å². The molecule has 4 heterocycles. The van der Waals surface area contributed by atoms with Gasteiger partial charge < -0.3 is 4.90 Å². The van der Waals surface area contributed by atoms with E-state index in [1.54, 1.807) is 21.6 Å². The summed E-state index contributed by atoms with van der Waals surface area (Å²) in [6.45, 7) is 5.77. The monoisotopic (exact) mass is 456 g/mol. The van der Waals surface area contributed by atoms with Gasteiger partial charge in [-0.1, -0.05) is 31.2 Å². The fourth-order valence-corrected chi connectivity index (χ4v) is 4.50. The number of aliphatic imine (C=N–C) groups is 1. The molecular formula is C26H28N6O2. The molecule has 1 fully saturated rings. The Bertz CT molecular complexity index is 1490. The molecule has 1 aromatic carbocycles. The van der Waals surface area contributed by atoms with Crippen LogP contribution in [0.3, 0.4) is 0 Å². The minimum Gasteiger partial charge on any atom is -0.356 e. The Labute approximate surface area is 197 Å². The molecule has 0 radical (unpaired) electrons. The van der Waals surface area contributed by atoms with E-state index in [0.717, 1.165) is 31.6 Å². The van der Waals surface area contributed by atoms with Gasteiger partial charge in [-0.25, -0.2) is 14.7 Å². The molecule has 174 valence electrons. The van der Waals surface area contributed by atoms with E-state index in [2.05, 4.69) is 16.8 Å². The average molecular weight is 457 g/mol. The maximum Gasteiger partial charge on any atom is 0.297 e.